The predicted molar refractivity (Wildman–Crippen MR) is 94.3 cm³/mol. The average Bonchev–Trinajstić information content (AvgIpc) is 3.09. The van der Waals surface area contributed by atoms with Crippen molar-refractivity contribution in [1.29, 1.82) is 0 Å². The molecule has 142 valence electrons. The molecule has 0 radical (unpaired) electrons. The molecule has 1 aliphatic heterocycles. The zero-order valence-corrected chi connectivity index (χ0v) is 14.8. The zero-order chi connectivity index (χ0) is 19.6. The highest BCUT2D eigenvalue weighted by molar-refractivity contribution is 6.31. The molecule has 1 heterocycles. The van der Waals surface area contributed by atoms with Gasteiger partial charge >= 0.3 is 12.6 Å². The normalized spacial score (nSPS) is 19.3. The van der Waals surface area contributed by atoms with Crippen molar-refractivity contribution in [2.24, 2.45) is 5.92 Å². The van der Waals surface area contributed by atoms with E-state index in [1.165, 1.54) is 23.1 Å². The molecule has 0 spiro atoms. The summed E-state index contributed by atoms with van der Waals surface area (Å²) >= 11 is 5.90. The predicted octanol–water partition coefficient (Wildman–Crippen LogP) is 3.88. The molecule has 2 unspecified atom stereocenters. The number of carbonyl (C=O) groups excluding carboxylic acids is 1. The van der Waals surface area contributed by atoms with Gasteiger partial charge in [0.25, 0.3) is 5.91 Å². The Morgan fingerprint density at radius 2 is 1.85 bits per heavy atom. The molecule has 5 nitrogen and oxygen atoms in total. The molecule has 27 heavy (non-hydrogen) atoms. The lowest BCUT2D eigenvalue weighted by atomic mass is 9.89. The SMILES string of the molecule is O=C(O)C1CN(C(=O)c2cc(Cl)ccc2OC(F)F)CC1c1ccccc1. The Hall–Kier alpha value is -2.67. The third-order valence-corrected chi connectivity index (χ3v) is 4.78. The number of carboxylic acids is 1. The summed E-state index contributed by atoms with van der Waals surface area (Å²) in [4.78, 5) is 25.9. The van der Waals surface area contributed by atoms with Crippen molar-refractivity contribution >= 4 is 23.5 Å². The number of rotatable bonds is 5. The van der Waals surface area contributed by atoms with Crippen LogP contribution in [0.1, 0.15) is 21.8 Å². The van der Waals surface area contributed by atoms with Crippen LogP contribution in [0.4, 0.5) is 8.78 Å². The van der Waals surface area contributed by atoms with Gasteiger partial charge in [-0.2, -0.15) is 8.78 Å². The molecule has 1 fully saturated rings. The maximum absolute atomic E-state index is 12.9. The molecule has 2 atom stereocenters. The quantitative estimate of drug-likeness (QED) is 0.834. The summed E-state index contributed by atoms with van der Waals surface area (Å²) < 4.78 is 29.7. The molecular weight excluding hydrogens is 380 g/mol. The molecule has 1 saturated heterocycles. The lowest BCUT2D eigenvalue weighted by Gasteiger charge is -2.19. The summed E-state index contributed by atoms with van der Waals surface area (Å²) in [5, 5.41) is 9.74. The number of ether oxygens (including phenoxy) is 1. The van der Waals surface area contributed by atoms with Gasteiger partial charge in [0.1, 0.15) is 5.75 Å². The third kappa shape index (κ3) is 4.19. The van der Waals surface area contributed by atoms with Crippen LogP contribution in [0.2, 0.25) is 5.02 Å². The third-order valence-electron chi connectivity index (χ3n) is 4.54. The Morgan fingerprint density at radius 1 is 1.15 bits per heavy atom. The van der Waals surface area contributed by atoms with Crippen LogP contribution < -0.4 is 4.74 Å². The van der Waals surface area contributed by atoms with Crippen LogP contribution in [0.3, 0.4) is 0 Å². The van der Waals surface area contributed by atoms with Crippen molar-refractivity contribution in [2.75, 3.05) is 13.1 Å². The topological polar surface area (TPSA) is 66.8 Å². The molecule has 0 aromatic heterocycles. The summed E-state index contributed by atoms with van der Waals surface area (Å²) in [6, 6.07) is 12.8. The van der Waals surface area contributed by atoms with Gasteiger partial charge < -0.3 is 14.7 Å². The fourth-order valence-electron chi connectivity index (χ4n) is 3.30. The minimum Gasteiger partial charge on any atom is -0.481 e. The number of amides is 1. The van der Waals surface area contributed by atoms with Gasteiger partial charge in [0.15, 0.2) is 0 Å². The van der Waals surface area contributed by atoms with Crippen LogP contribution in [0.25, 0.3) is 0 Å². The van der Waals surface area contributed by atoms with Crippen molar-refractivity contribution in [3.05, 3.63) is 64.7 Å². The molecular formula is C19H16ClF2NO4. The van der Waals surface area contributed by atoms with Crippen molar-refractivity contribution < 1.29 is 28.2 Å². The first-order valence-corrected chi connectivity index (χ1v) is 8.56. The molecule has 1 amide bonds. The van der Waals surface area contributed by atoms with Gasteiger partial charge in [-0.25, -0.2) is 0 Å². The van der Waals surface area contributed by atoms with Gasteiger partial charge in [-0.05, 0) is 23.8 Å². The number of carboxylic acid groups (broad SMARTS) is 1. The largest absolute Gasteiger partial charge is 0.481 e. The Bertz CT molecular complexity index is 847. The monoisotopic (exact) mass is 395 g/mol. The van der Waals surface area contributed by atoms with Crippen LogP contribution in [-0.2, 0) is 4.79 Å². The number of benzene rings is 2. The molecule has 2 aromatic carbocycles. The maximum Gasteiger partial charge on any atom is 0.387 e. The van der Waals surface area contributed by atoms with E-state index in [0.29, 0.717) is 0 Å². The summed E-state index contributed by atoms with van der Waals surface area (Å²) in [5.74, 6) is -3.11. The second-order valence-electron chi connectivity index (χ2n) is 6.19. The lowest BCUT2D eigenvalue weighted by Crippen LogP contribution is -2.30. The van der Waals surface area contributed by atoms with E-state index in [9.17, 15) is 23.5 Å². The summed E-state index contributed by atoms with van der Waals surface area (Å²) in [5.41, 5.74) is 0.677. The van der Waals surface area contributed by atoms with E-state index in [1.54, 1.807) is 24.3 Å². The van der Waals surface area contributed by atoms with Gasteiger partial charge in [0.2, 0.25) is 0 Å². The number of nitrogens with zero attached hydrogens (tertiary/aromatic N) is 1. The number of hydrogen-bond donors (Lipinski definition) is 1. The molecule has 0 aliphatic carbocycles. The van der Waals surface area contributed by atoms with Gasteiger partial charge in [-0.3, -0.25) is 9.59 Å². The molecule has 0 saturated carbocycles. The number of carbonyl (C=O) groups is 2. The number of halogens is 3. The Morgan fingerprint density at radius 3 is 2.48 bits per heavy atom. The van der Waals surface area contributed by atoms with E-state index in [-0.39, 0.29) is 29.4 Å². The molecule has 1 aliphatic rings. The summed E-state index contributed by atoms with van der Waals surface area (Å²) in [7, 11) is 0. The van der Waals surface area contributed by atoms with E-state index < -0.39 is 30.3 Å². The van der Waals surface area contributed by atoms with E-state index >= 15 is 0 Å². The maximum atomic E-state index is 12.9. The van der Waals surface area contributed by atoms with Crippen molar-refractivity contribution in [2.45, 2.75) is 12.5 Å². The number of aliphatic carboxylic acids is 1. The number of hydrogen-bond acceptors (Lipinski definition) is 3. The highest BCUT2D eigenvalue weighted by Crippen LogP contribution is 2.35. The molecule has 1 N–H and O–H groups in total. The van der Waals surface area contributed by atoms with Gasteiger partial charge in [-0.1, -0.05) is 41.9 Å². The minimum atomic E-state index is -3.10. The highest BCUT2D eigenvalue weighted by Gasteiger charge is 2.41. The first-order chi connectivity index (χ1) is 12.9. The van der Waals surface area contributed by atoms with E-state index in [4.69, 9.17) is 11.6 Å². The highest BCUT2D eigenvalue weighted by atomic mass is 35.5. The number of likely N-dealkylation sites (tertiary alicyclic amines) is 1. The Labute approximate surface area is 159 Å². The first kappa shape index (κ1) is 19.1. The van der Waals surface area contributed by atoms with Gasteiger partial charge in [0.05, 0.1) is 11.5 Å². The molecule has 8 heteroatoms. The molecule has 0 bridgehead atoms. The summed E-state index contributed by atoms with van der Waals surface area (Å²) in [6.45, 7) is -2.98. The standard InChI is InChI=1S/C19H16ClF2NO4/c20-12-6-7-16(27-19(21)22)13(8-12)17(24)23-9-14(15(10-23)18(25)26)11-4-2-1-3-5-11/h1-8,14-15,19H,9-10H2,(H,25,26). The van der Waals surface area contributed by atoms with Crippen LogP contribution in [0.15, 0.2) is 48.5 Å². The molecule has 3 rings (SSSR count). The zero-order valence-electron chi connectivity index (χ0n) is 14.0. The van der Waals surface area contributed by atoms with Gasteiger partial charge in [0, 0.05) is 24.0 Å². The number of alkyl halides is 2. The minimum absolute atomic E-state index is 0.0334. The molecule has 2 aromatic rings. The van der Waals surface area contributed by atoms with Crippen LogP contribution in [0.5, 0.6) is 5.75 Å². The Balaban J connectivity index is 1.90. The fraction of sp³-hybridized carbons (Fsp3) is 0.263. The fourth-order valence-corrected chi connectivity index (χ4v) is 3.47. The van der Waals surface area contributed by atoms with E-state index in [0.717, 1.165) is 5.56 Å². The first-order valence-electron chi connectivity index (χ1n) is 8.18. The lowest BCUT2D eigenvalue weighted by molar-refractivity contribution is -0.141. The smallest absolute Gasteiger partial charge is 0.387 e. The van der Waals surface area contributed by atoms with Crippen LogP contribution >= 0.6 is 11.6 Å². The van der Waals surface area contributed by atoms with Crippen molar-refractivity contribution in [3.8, 4) is 5.75 Å². The van der Waals surface area contributed by atoms with Crippen molar-refractivity contribution in [1.82, 2.24) is 4.90 Å². The van der Waals surface area contributed by atoms with Crippen LogP contribution in [0, 0.1) is 5.92 Å². The van der Waals surface area contributed by atoms with E-state index in [1.807, 2.05) is 6.07 Å². The summed E-state index contributed by atoms with van der Waals surface area (Å²) in [6.07, 6.45) is 0. The van der Waals surface area contributed by atoms with Crippen molar-refractivity contribution in [3.63, 3.8) is 0 Å². The van der Waals surface area contributed by atoms with E-state index in [2.05, 4.69) is 4.74 Å². The van der Waals surface area contributed by atoms with Gasteiger partial charge in [-0.15, -0.1) is 0 Å². The van der Waals surface area contributed by atoms with Crippen LogP contribution in [-0.4, -0.2) is 41.6 Å². The Kier molecular flexibility index (Phi) is 5.60. The second kappa shape index (κ2) is 7.92. The average molecular weight is 396 g/mol. The second-order valence-corrected chi connectivity index (χ2v) is 6.63.